The van der Waals surface area contributed by atoms with E-state index in [0.717, 1.165) is 21.8 Å². The first-order valence-electron chi connectivity index (χ1n) is 11.6. The molecule has 30 heavy (non-hydrogen) atoms. The summed E-state index contributed by atoms with van der Waals surface area (Å²) >= 11 is 0. The van der Waals surface area contributed by atoms with Crippen molar-refractivity contribution in [2.24, 2.45) is 0 Å². The third-order valence-corrected chi connectivity index (χ3v) is 4.63. The molecule has 0 aliphatic carbocycles. The van der Waals surface area contributed by atoms with E-state index < -0.39 is 19.2 Å². The van der Waals surface area contributed by atoms with E-state index in [9.17, 15) is 5.11 Å². The maximum absolute atomic E-state index is 10.4. The molecule has 0 aliphatic heterocycles. The average molecular weight is 411 g/mol. The molecule has 0 fully saturated rings. The first-order valence-corrected chi connectivity index (χ1v) is 9.59. The number of aliphatic hydroxyl groups is 1. The third-order valence-electron chi connectivity index (χ3n) is 4.63. The van der Waals surface area contributed by atoms with Crippen molar-refractivity contribution >= 4 is 21.8 Å². The molecular formula is C24H26N2O4. The number of hydrogen-bond donors (Lipinski definition) is 3. The van der Waals surface area contributed by atoms with Gasteiger partial charge in [-0.1, -0.05) is 36.4 Å². The Morgan fingerprint density at radius 3 is 2.53 bits per heavy atom. The van der Waals surface area contributed by atoms with Crippen LogP contribution in [-0.2, 0) is 0 Å². The summed E-state index contributed by atoms with van der Waals surface area (Å²) in [5.41, 5.74) is 1.88. The van der Waals surface area contributed by atoms with Gasteiger partial charge in [-0.05, 0) is 30.3 Å². The molecule has 0 spiro atoms. The Morgan fingerprint density at radius 2 is 1.67 bits per heavy atom. The summed E-state index contributed by atoms with van der Waals surface area (Å²) in [7, 11) is 1.41. The van der Waals surface area contributed by atoms with Crippen molar-refractivity contribution in [2.45, 2.75) is 6.10 Å². The quantitative estimate of drug-likeness (QED) is 0.371. The molecule has 1 aromatic heterocycles. The molecule has 0 saturated heterocycles. The number of ether oxygens (including phenoxy) is 3. The van der Waals surface area contributed by atoms with Crippen molar-refractivity contribution in [3.05, 3.63) is 66.7 Å². The number of H-pyrrole nitrogens is 1. The number of hydrogen-bond acceptors (Lipinski definition) is 5. The van der Waals surface area contributed by atoms with Crippen molar-refractivity contribution in [3.8, 4) is 17.2 Å². The second-order valence-corrected chi connectivity index (χ2v) is 6.68. The number of aliphatic hydroxyl groups excluding tert-OH is 1. The van der Waals surface area contributed by atoms with Gasteiger partial charge in [0.1, 0.15) is 25.0 Å². The predicted molar refractivity (Wildman–Crippen MR) is 119 cm³/mol. The number of rotatable bonds is 10. The molecule has 1 unspecified atom stereocenters. The molecule has 1 heterocycles. The van der Waals surface area contributed by atoms with Gasteiger partial charge in [0, 0.05) is 32.1 Å². The Labute approximate surface area is 181 Å². The zero-order chi connectivity index (χ0) is 24.3. The lowest BCUT2D eigenvalue weighted by atomic mass is 10.1. The summed E-state index contributed by atoms with van der Waals surface area (Å²) in [6.45, 7) is -5.74. The van der Waals surface area contributed by atoms with Crippen LogP contribution in [0.15, 0.2) is 66.7 Å². The number of nitrogens with one attached hydrogen (secondary N) is 2. The molecule has 0 aliphatic rings. The highest BCUT2D eigenvalue weighted by Crippen LogP contribution is 2.33. The molecule has 6 nitrogen and oxygen atoms in total. The monoisotopic (exact) mass is 410 g/mol. The topological polar surface area (TPSA) is 75.7 Å². The minimum atomic E-state index is -2.75. The first kappa shape index (κ1) is 15.6. The molecule has 0 bridgehead atoms. The summed E-state index contributed by atoms with van der Waals surface area (Å²) < 4.78 is 48.7. The van der Waals surface area contributed by atoms with Crippen LogP contribution in [0.25, 0.3) is 21.8 Å². The molecule has 3 N–H and O–H groups in total. The Hall–Kier alpha value is -3.22. The Morgan fingerprint density at radius 1 is 0.933 bits per heavy atom. The van der Waals surface area contributed by atoms with Crippen LogP contribution in [0.1, 0.15) is 5.48 Å². The summed E-state index contributed by atoms with van der Waals surface area (Å²) in [5.74, 6) is 0.935. The highest BCUT2D eigenvalue weighted by Gasteiger charge is 2.11. The summed E-state index contributed by atoms with van der Waals surface area (Å²) in [4.78, 5) is 3.33. The van der Waals surface area contributed by atoms with E-state index in [2.05, 4.69) is 10.3 Å². The molecule has 156 valence electrons. The molecular weight excluding hydrogens is 380 g/mol. The van der Waals surface area contributed by atoms with Crippen LogP contribution in [0, 0.1) is 0 Å². The van der Waals surface area contributed by atoms with Crippen LogP contribution in [0.4, 0.5) is 0 Å². The molecule has 4 aromatic rings. The number of fused-ring (bicyclic) bond motifs is 3. The molecule has 1 atom stereocenters. The van der Waals surface area contributed by atoms with Crippen LogP contribution in [0.3, 0.4) is 0 Å². The Bertz CT molecular complexity index is 1280. The fraction of sp³-hybridized carbons (Fsp3) is 0.250. The van der Waals surface area contributed by atoms with Gasteiger partial charge in [-0.2, -0.15) is 0 Å². The number of aromatic nitrogens is 1. The van der Waals surface area contributed by atoms with Crippen LogP contribution >= 0.6 is 0 Å². The van der Waals surface area contributed by atoms with Gasteiger partial charge in [0.15, 0.2) is 11.5 Å². The van der Waals surface area contributed by atoms with E-state index in [-0.39, 0.29) is 24.7 Å². The van der Waals surface area contributed by atoms with E-state index >= 15 is 0 Å². The van der Waals surface area contributed by atoms with E-state index in [0.29, 0.717) is 5.75 Å². The second-order valence-electron chi connectivity index (χ2n) is 6.68. The maximum atomic E-state index is 10.4. The number of para-hydroxylation sites is 3. The van der Waals surface area contributed by atoms with Crippen molar-refractivity contribution in [1.29, 1.82) is 0 Å². The van der Waals surface area contributed by atoms with Gasteiger partial charge in [0.05, 0.1) is 15.4 Å². The third kappa shape index (κ3) is 4.50. The number of aromatic amines is 1. The largest absolute Gasteiger partial charge is 0.493 e. The lowest BCUT2D eigenvalue weighted by Gasteiger charge is -2.15. The van der Waals surface area contributed by atoms with Gasteiger partial charge in [0.25, 0.3) is 0 Å². The van der Waals surface area contributed by atoms with Crippen molar-refractivity contribution in [2.75, 3.05) is 33.3 Å². The van der Waals surface area contributed by atoms with Gasteiger partial charge in [-0.25, -0.2) is 0 Å². The minimum Gasteiger partial charge on any atom is -0.493 e. The zero-order valence-corrected chi connectivity index (χ0v) is 16.5. The van der Waals surface area contributed by atoms with E-state index in [1.165, 1.54) is 13.2 Å². The average Bonchev–Trinajstić information content (AvgIpc) is 3.21. The van der Waals surface area contributed by atoms with Crippen LogP contribution in [0.5, 0.6) is 17.2 Å². The molecule has 3 aromatic carbocycles. The molecule has 0 saturated carbocycles. The highest BCUT2D eigenvalue weighted by atomic mass is 16.5. The normalized spacial score (nSPS) is 15.1. The van der Waals surface area contributed by atoms with Gasteiger partial charge in [-0.3, -0.25) is 0 Å². The van der Waals surface area contributed by atoms with Crippen LogP contribution < -0.4 is 19.5 Å². The van der Waals surface area contributed by atoms with Gasteiger partial charge in [-0.15, -0.1) is 0 Å². The van der Waals surface area contributed by atoms with Gasteiger partial charge < -0.3 is 29.6 Å². The number of benzene rings is 3. The van der Waals surface area contributed by atoms with Crippen molar-refractivity contribution in [1.82, 2.24) is 10.3 Å². The highest BCUT2D eigenvalue weighted by molar-refractivity contribution is 6.10. The fourth-order valence-corrected chi connectivity index (χ4v) is 3.22. The zero-order valence-electron chi connectivity index (χ0n) is 20.5. The number of methoxy groups -OCH3 is 1. The smallest absolute Gasteiger partial charge is 0.161 e. The summed E-state index contributed by atoms with van der Waals surface area (Å²) in [6, 6.07) is 19.8. The Balaban J connectivity index is 1.39. The maximum Gasteiger partial charge on any atom is 0.161 e. The van der Waals surface area contributed by atoms with Gasteiger partial charge in [0.2, 0.25) is 0 Å². The Kier molecular flexibility index (Phi) is 4.95. The fourth-order valence-electron chi connectivity index (χ4n) is 3.22. The van der Waals surface area contributed by atoms with E-state index in [1.54, 1.807) is 18.2 Å². The SMILES string of the molecule is [2H]C([2H])(NCC(O)COc1cccc2[nH]c3ccccc3c12)C([2H])([2H])Oc1ccccc1OC. The van der Waals surface area contributed by atoms with Crippen molar-refractivity contribution in [3.63, 3.8) is 0 Å². The standard InChI is InChI=1S/C24H26N2O4/c1-28-21-10-4-5-11-22(21)29-14-13-25-15-17(27)16-30-23-12-6-9-20-24(23)18-7-2-3-8-19(18)26-20/h2-12,17,25-27H,13-16H2,1H3/i13D2,14D2. The van der Waals surface area contributed by atoms with Crippen LogP contribution in [0.2, 0.25) is 0 Å². The molecule has 0 amide bonds. The lowest BCUT2D eigenvalue weighted by molar-refractivity contribution is 0.106. The van der Waals surface area contributed by atoms with Crippen LogP contribution in [-0.4, -0.2) is 49.5 Å². The first-order chi connectivity index (χ1) is 16.2. The minimum absolute atomic E-state index is 0.0661. The summed E-state index contributed by atoms with van der Waals surface area (Å²) in [6.07, 6.45) is -1.10. The van der Waals surface area contributed by atoms with E-state index in [4.69, 9.17) is 19.7 Å². The van der Waals surface area contributed by atoms with Crippen molar-refractivity contribution < 1.29 is 24.8 Å². The molecule has 6 heteroatoms. The van der Waals surface area contributed by atoms with E-state index in [1.807, 2.05) is 42.5 Å². The molecule has 0 radical (unpaired) electrons. The molecule has 4 rings (SSSR count). The van der Waals surface area contributed by atoms with Gasteiger partial charge >= 0.3 is 0 Å². The summed E-state index contributed by atoms with van der Waals surface area (Å²) in [5, 5.41) is 14.7. The lowest BCUT2D eigenvalue weighted by Crippen LogP contribution is -2.33. The predicted octanol–water partition coefficient (Wildman–Crippen LogP) is 3.74. The second kappa shape index (κ2) is 9.52.